The van der Waals surface area contributed by atoms with Gasteiger partial charge >= 0.3 is 6.09 Å². The van der Waals surface area contributed by atoms with Gasteiger partial charge in [-0.15, -0.1) is 0 Å². The van der Waals surface area contributed by atoms with Crippen LogP contribution in [0.3, 0.4) is 0 Å². The summed E-state index contributed by atoms with van der Waals surface area (Å²) in [5.41, 5.74) is 0.266. The molecule has 0 radical (unpaired) electrons. The molecule has 1 aromatic rings. The van der Waals surface area contributed by atoms with Crippen LogP contribution < -0.4 is 10.5 Å². The summed E-state index contributed by atoms with van der Waals surface area (Å²) in [4.78, 5) is 26.2. The zero-order valence-corrected chi connectivity index (χ0v) is 16.7. The highest BCUT2D eigenvalue weighted by Gasteiger charge is 2.36. The van der Waals surface area contributed by atoms with Crippen LogP contribution in [0.1, 0.15) is 39.2 Å². The molecule has 1 unspecified atom stereocenters. The molecule has 1 aromatic carbocycles. The van der Waals surface area contributed by atoms with Gasteiger partial charge in [-0.25, -0.2) is 18.4 Å². The van der Waals surface area contributed by atoms with E-state index >= 15 is 0 Å². The molecular weight excluding hydrogens is 370 g/mol. The minimum absolute atomic E-state index is 0.0502. The maximum atomic E-state index is 12.4. The van der Waals surface area contributed by atoms with E-state index in [-0.39, 0.29) is 10.8 Å². The van der Waals surface area contributed by atoms with Crippen molar-refractivity contribution in [3.8, 4) is 0 Å². The number of hydrogen-bond donors (Lipinski definition) is 2. The summed E-state index contributed by atoms with van der Waals surface area (Å²) in [6, 6.07) is 5.68. The lowest BCUT2D eigenvalue weighted by atomic mass is 10.1. The Balaban J connectivity index is 1.87. The third-order valence-corrected chi connectivity index (χ3v) is 5.08. The fourth-order valence-electron chi connectivity index (χ4n) is 2.87. The molecule has 0 spiro atoms. The Bertz CT molecular complexity index is 784. The summed E-state index contributed by atoms with van der Waals surface area (Å²) in [6.07, 6.45) is 1.43. The first kappa shape index (κ1) is 21.2. The number of benzene rings is 1. The van der Waals surface area contributed by atoms with E-state index in [1.54, 1.807) is 32.9 Å². The Kier molecular flexibility index (Phi) is 6.48. The van der Waals surface area contributed by atoms with Crippen LogP contribution in [-0.4, -0.2) is 50.1 Å². The van der Waals surface area contributed by atoms with Crippen LogP contribution in [0, 0.1) is 0 Å². The van der Waals surface area contributed by atoms with E-state index in [9.17, 15) is 18.0 Å². The smallest absolute Gasteiger partial charge is 0.410 e. The highest BCUT2D eigenvalue weighted by atomic mass is 32.2. The molecule has 1 saturated heterocycles. The van der Waals surface area contributed by atoms with Crippen molar-refractivity contribution >= 4 is 22.0 Å². The Morgan fingerprint density at radius 2 is 1.89 bits per heavy atom. The Morgan fingerprint density at radius 3 is 2.44 bits per heavy atom. The molecule has 8 nitrogen and oxygen atoms in total. The zero-order chi connectivity index (χ0) is 20.2. The average molecular weight is 397 g/mol. The van der Waals surface area contributed by atoms with E-state index in [0.29, 0.717) is 25.9 Å². The monoisotopic (exact) mass is 397 g/mol. The number of nitrogens with two attached hydrogens (primary N) is 1. The van der Waals surface area contributed by atoms with Crippen molar-refractivity contribution in [3.63, 3.8) is 0 Å². The van der Waals surface area contributed by atoms with Crippen LogP contribution >= 0.6 is 0 Å². The van der Waals surface area contributed by atoms with Gasteiger partial charge in [-0.05, 0) is 57.7 Å². The Hall–Kier alpha value is -2.13. The number of carbonyl (C=O) groups excluding carboxylic acids is 2. The number of nitrogens with one attached hydrogen (secondary N) is 1. The third-order valence-electron chi connectivity index (χ3n) is 4.15. The van der Waals surface area contributed by atoms with Gasteiger partial charge in [0.25, 0.3) is 0 Å². The van der Waals surface area contributed by atoms with E-state index in [2.05, 4.69) is 5.32 Å². The van der Waals surface area contributed by atoms with Crippen LogP contribution in [0.15, 0.2) is 29.2 Å². The van der Waals surface area contributed by atoms with Crippen LogP contribution in [0.5, 0.6) is 0 Å². The summed E-state index contributed by atoms with van der Waals surface area (Å²) in [6.45, 7) is 6.25. The molecule has 1 heterocycles. The fourth-order valence-corrected chi connectivity index (χ4v) is 3.39. The summed E-state index contributed by atoms with van der Waals surface area (Å²) >= 11 is 0. The standard InChI is InChI=1S/C18H27N3O5S/c1-18(2,3)26-17(23)21-12-4-5-15(21)16(22)20-11-10-13-6-8-14(9-7-13)27(19,24)25/h6-9,15H,4-5,10-12H2,1-3H3,(H,20,22)(H2,19,24,25). The largest absolute Gasteiger partial charge is 0.444 e. The third kappa shape index (κ3) is 6.21. The van der Waals surface area contributed by atoms with Gasteiger partial charge in [-0.1, -0.05) is 12.1 Å². The van der Waals surface area contributed by atoms with Crippen molar-refractivity contribution in [1.29, 1.82) is 0 Å². The second kappa shape index (κ2) is 8.26. The molecule has 0 aliphatic carbocycles. The second-order valence-electron chi connectivity index (χ2n) is 7.56. The van der Waals surface area contributed by atoms with E-state index in [1.165, 1.54) is 17.0 Å². The minimum Gasteiger partial charge on any atom is -0.444 e. The van der Waals surface area contributed by atoms with Crippen molar-refractivity contribution in [2.24, 2.45) is 5.14 Å². The van der Waals surface area contributed by atoms with Crippen molar-refractivity contribution in [2.45, 2.75) is 56.6 Å². The van der Waals surface area contributed by atoms with E-state index in [1.807, 2.05) is 0 Å². The van der Waals surface area contributed by atoms with E-state index in [0.717, 1.165) is 12.0 Å². The van der Waals surface area contributed by atoms with Crippen LogP contribution in [0.25, 0.3) is 0 Å². The highest BCUT2D eigenvalue weighted by Crippen LogP contribution is 2.21. The van der Waals surface area contributed by atoms with Gasteiger partial charge in [0, 0.05) is 13.1 Å². The number of nitrogens with zero attached hydrogens (tertiary/aromatic N) is 1. The van der Waals surface area contributed by atoms with Gasteiger partial charge in [0.15, 0.2) is 0 Å². The minimum atomic E-state index is -3.71. The quantitative estimate of drug-likeness (QED) is 0.778. The van der Waals surface area contributed by atoms with Crippen LogP contribution in [0.4, 0.5) is 4.79 Å². The molecule has 1 atom stereocenters. The summed E-state index contributed by atoms with van der Waals surface area (Å²) in [7, 11) is -3.71. The molecule has 0 aromatic heterocycles. The molecule has 150 valence electrons. The molecule has 0 saturated carbocycles. The molecule has 1 fully saturated rings. The summed E-state index contributed by atoms with van der Waals surface area (Å²) in [5, 5.41) is 7.90. The molecular formula is C18H27N3O5S. The first-order chi connectivity index (χ1) is 12.5. The number of rotatable bonds is 5. The van der Waals surface area contributed by atoms with Crippen molar-refractivity contribution in [1.82, 2.24) is 10.2 Å². The number of carbonyl (C=O) groups is 2. The number of sulfonamides is 1. The maximum Gasteiger partial charge on any atom is 0.410 e. The molecule has 3 N–H and O–H groups in total. The first-order valence-corrected chi connectivity index (χ1v) is 10.4. The molecule has 27 heavy (non-hydrogen) atoms. The molecule has 9 heteroatoms. The number of primary sulfonamides is 1. The first-order valence-electron chi connectivity index (χ1n) is 8.86. The van der Waals surface area contributed by atoms with Crippen molar-refractivity contribution < 1.29 is 22.7 Å². The number of ether oxygens (including phenoxy) is 1. The van der Waals surface area contributed by atoms with E-state index in [4.69, 9.17) is 9.88 Å². The number of amides is 2. The van der Waals surface area contributed by atoms with Gasteiger partial charge < -0.3 is 10.1 Å². The maximum absolute atomic E-state index is 12.4. The van der Waals surface area contributed by atoms with Gasteiger partial charge in [-0.2, -0.15) is 0 Å². The predicted molar refractivity (Wildman–Crippen MR) is 100 cm³/mol. The van der Waals surface area contributed by atoms with Gasteiger partial charge in [0.05, 0.1) is 4.90 Å². The zero-order valence-electron chi connectivity index (χ0n) is 15.9. The SMILES string of the molecule is CC(C)(C)OC(=O)N1CCCC1C(=O)NCCc1ccc(S(N)(=O)=O)cc1. The lowest BCUT2D eigenvalue weighted by Crippen LogP contribution is -2.47. The Labute approximate surface area is 160 Å². The molecule has 1 aliphatic heterocycles. The fraction of sp³-hybridized carbons (Fsp3) is 0.556. The van der Waals surface area contributed by atoms with Gasteiger partial charge in [0.1, 0.15) is 11.6 Å². The molecule has 1 aliphatic rings. The highest BCUT2D eigenvalue weighted by molar-refractivity contribution is 7.89. The van der Waals surface area contributed by atoms with Crippen LogP contribution in [-0.2, 0) is 26.0 Å². The molecule has 2 rings (SSSR count). The molecule has 0 bridgehead atoms. The molecule has 2 amide bonds. The van der Waals surface area contributed by atoms with Gasteiger partial charge in [0.2, 0.25) is 15.9 Å². The topological polar surface area (TPSA) is 119 Å². The van der Waals surface area contributed by atoms with E-state index < -0.39 is 27.8 Å². The number of likely N-dealkylation sites (tertiary alicyclic amines) is 1. The van der Waals surface area contributed by atoms with Crippen LogP contribution in [0.2, 0.25) is 0 Å². The number of hydrogen-bond acceptors (Lipinski definition) is 5. The lowest BCUT2D eigenvalue weighted by Gasteiger charge is -2.28. The second-order valence-corrected chi connectivity index (χ2v) is 9.12. The van der Waals surface area contributed by atoms with Gasteiger partial charge in [-0.3, -0.25) is 9.69 Å². The predicted octanol–water partition coefficient (Wildman–Crippen LogP) is 1.39. The van der Waals surface area contributed by atoms with Crippen molar-refractivity contribution in [3.05, 3.63) is 29.8 Å². The Morgan fingerprint density at radius 1 is 1.26 bits per heavy atom. The van der Waals surface area contributed by atoms with Crippen molar-refractivity contribution in [2.75, 3.05) is 13.1 Å². The average Bonchev–Trinajstić information content (AvgIpc) is 3.02. The summed E-state index contributed by atoms with van der Waals surface area (Å²) < 4.78 is 27.9. The lowest BCUT2D eigenvalue weighted by molar-refractivity contribution is -0.125. The normalized spacial score (nSPS) is 17.6. The summed E-state index contributed by atoms with van der Waals surface area (Å²) in [5.74, 6) is -0.209.